The molecule has 0 aliphatic carbocycles. The second kappa shape index (κ2) is 9.55. The van der Waals surface area contributed by atoms with Gasteiger partial charge in [-0.25, -0.2) is 4.98 Å². The summed E-state index contributed by atoms with van der Waals surface area (Å²) in [4.78, 5) is 27.2. The largest absolute Gasteiger partial charge is 0.379 e. The van der Waals surface area contributed by atoms with Crippen molar-refractivity contribution in [2.75, 3.05) is 18.2 Å². The van der Waals surface area contributed by atoms with Gasteiger partial charge in [0.05, 0.1) is 27.2 Å². The zero-order valence-electron chi connectivity index (χ0n) is 17.0. The molecular weight excluding hydrogens is 422 g/mol. The van der Waals surface area contributed by atoms with Gasteiger partial charge in [0.25, 0.3) is 5.69 Å². The van der Waals surface area contributed by atoms with Crippen molar-refractivity contribution in [1.82, 2.24) is 4.98 Å². The molecule has 0 saturated heterocycles. The number of rotatable bonds is 9. The molecule has 0 aliphatic heterocycles. The summed E-state index contributed by atoms with van der Waals surface area (Å²) in [6, 6.07) is 11.6. The molecule has 1 amide bonds. The van der Waals surface area contributed by atoms with Gasteiger partial charge in [-0.15, -0.1) is 11.3 Å². The third-order valence-electron chi connectivity index (χ3n) is 4.65. The van der Waals surface area contributed by atoms with Crippen LogP contribution in [0.5, 0.6) is 0 Å². The lowest BCUT2D eigenvalue weighted by atomic mass is 10.1. The lowest BCUT2D eigenvalue weighted by molar-refractivity contribution is -0.384. The van der Waals surface area contributed by atoms with Crippen LogP contribution in [-0.4, -0.2) is 34.3 Å². The summed E-state index contributed by atoms with van der Waals surface area (Å²) in [5.74, 6) is 0.739. The van der Waals surface area contributed by atoms with Gasteiger partial charge in [0.15, 0.2) is 4.34 Å². The van der Waals surface area contributed by atoms with Crippen LogP contribution in [0, 0.1) is 10.1 Å². The Morgan fingerprint density at radius 1 is 1.27 bits per heavy atom. The smallest absolute Gasteiger partial charge is 0.269 e. The maximum Gasteiger partial charge on any atom is 0.269 e. The second-order valence-corrected chi connectivity index (χ2v) is 9.75. The number of nitro groups is 1. The SMILES string of the molecule is COC(C)(C)CCSc1nc2ccc(NC(=O)Cc3ccc([N+](=O)[O-])cc3)cc2s1. The molecule has 3 aromatic rings. The number of nitrogens with one attached hydrogen (secondary N) is 1. The van der Waals surface area contributed by atoms with Crippen LogP contribution in [-0.2, 0) is 16.0 Å². The summed E-state index contributed by atoms with van der Waals surface area (Å²) in [5, 5.41) is 13.6. The number of thioether (sulfide) groups is 1. The molecular formula is C21H23N3O4S2. The molecule has 0 spiro atoms. The Bertz CT molecular complexity index is 1050. The summed E-state index contributed by atoms with van der Waals surface area (Å²) in [6.45, 7) is 4.13. The van der Waals surface area contributed by atoms with Crippen molar-refractivity contribution in [3.05, 3.63) is 58.1 Å². The molecule has 3 rings (SSSR count). The van der Waals surface area contributed by atoms with E-state index in [1.54, 1.807) is 42.3 Å². The predicted octanol–water partition coefficient (Wildman–Crippen LogP) is 5.29. The van der Waals surface area contributed by atoms with Crippen LogP contribution in [0.1, 0.15) is 25.8 Å². The Morgan fingerprint density at radius 2 is 2.00 bits per heavy atom. The van der Waals surface area contributed by atoms with Gasteiger partial charge in [-0.1, -0.05) is 23.9 Å². The Hall–Kier alpha value is -2.49. The van der Waals surface area contributed by atoms with Crippen LogP contribution in [0.3, 0.4) is 0 Å². The number of carbonyl (C=O) groups excluding carboxylic acids is 1. The van der Waals surface area contributed by atoms with Gasteiger partial charge in [0.2, 0.25) is 5.91 Å². The van der Waals surface area contributed by atoms with Crippen molar-refractivity contribution in [3.63, 3.8) is 0 Å². The van der Waals surface area contributed by atoms with E-state index in [2.05, 4.69) is 24.1 Å². The molecule has 1 aromatic heterocycles. The molecule has 0 atom stereocenters. The summed E-state index contributed by atoms with van der Waals surface area (Å²) in [6.07, 6.45) is 1.07. The molecule has 0 saturated carbocycles. The van der Waals surface area contributed by atoms with Gasteiger partial charge >= 0.3 is 0 Å². The molecule has 0 fully saturated rings. The summed E-state index contributed by atoms with van der Waals surface area (Å²) >= 11 is 3.31. The van der Waals surface area contributed by atoms with Crippen molar-refractivity contribution in [3.8, 4) is 0 Å². The standard InChI is InChI=1S/C21H23N3O4S2/c1-21(2,28-3)10-11-29-20-23-17-9-6-15(13-18(17)30-20)22-19(25)12-14-4-7-16(8-5-14)24(26)27/h4-9,13H,10-12H2,1-3H3,(H,22,25). The maximum atomic E-state index is 12.3. The maximum absolute atomic E-state index is 12.3. The number of non-ortho nitro benzene ring substituents is 1. The summed E-state index contributed by atoms with van der Waals surface area (Å²) < 4.78 is 7.45. The number of amides is 1. The quantitative estimate of drug-likeness (QED) is 0.273. The van der Waals surface area contributed by atoms with E-state index in [1.165, 1.54) is 12.1 Å². The number of nitro benzene ring substituents is 1. The zero-order chi connectivity index (χ0) is 21.7. The monoisotopic (exact) mass is 445 g/mol. The first-order chi connectivity index (χ1) is 14.3. The van der Waals surface area contributed by atoms with Gasteiger partial charge in [-0.05, 0) is 44.0 Å². The Kier molecular flexibility index (Phi) is 7.06. The predicted molar refractivity (Wildman–Crippen MR) is 121 cm³/mol. The molecule has 2 aromatic carbocycles. The van der Waals surface area contributed by atoms with Crippen LogP contribution in [0.2, 0.25) is 0 Å². The minimum atomic E-state index is -0.459. The van der Waals surface area contributed by atoms with Crippen molar-refractivity contribution < 1.29 is 14.5 Å². The third kappa shape index (κ3) is 6.01. The topological polar surface area (TPSA) is 94.4 Å². The average Bonchev–Trinajstić information content (AvgIpc) is 3.10. The van der Waals surface area contributed by atoms with E-state index in [1.807, 2.05) is 18.2 Å². The number of anilines is 1. The summed E-state index contributed by atoms with van der Waals surface area (Å²) in [5.41, 5.74) is 2.19. The van der Waals surface area contributed by atoms with E-state index in [4.69, 9.17) is 4.74 Å². The minimum Gasteiger partial charge on any atom is -0.379 e. The highest BCUT2D eigenvalue weighted by Crippen LogP contribution is 2.32. The molecule has 7 nitrogen and oxygen atoms in total. The first-order valence-corrected chi connectivity index (χ1v) is 11.2. The van der Waals surface area contributed by atoms with E-state index in [9.17, 15) is 14.9 Å². The number of methoxy groups -OCH3 is 1. The highest BCUT2D eigenvalue weighted by molar-refractivity contribution is 8.01. The number of benzene rings is 2. The molecule has 0 bridgehead atoms. The van der Waals surface area contributed by atoms with Crippen LogP contribution in [0.25, 0.3) is 10.2 Å². The van der Waals surface area contributed by atoms with Crippen LogP contribution < -0.4 is 5.32 Å². The zero-order valence-corrected chi connectivity index (χ0v) is 18.6. The van der Waals surface area contributed by atoms with Crippen molar-refractivity contribution in [2.24, 2.45) is 0 Å². The number of aromatic nitrogens is 1. The average molecular weight is 446 g/mol. The van der Waals surface area contributed by atoms with Crippen LogP contribution in [0.4, 0.5) is 11.4 Å². The number of hydrogen-bond acceptors (Lipinski definition) is 7. The Labute approximate surface area is 183 Å². The number of hydrogen-bond donors (Lipinski definition) is 1. The van der Waals surface area contributed by atoms with Gasteiger partial charge in [0.1, 0.15) is 0 Å². The van der Waals surface area contributed by atoms with Crippen molar-refractivity contribution in [1.29, 1.82) is 0 Å². The molecule has 1 heterocycles. The fraction of sp³-hybridized carbons (Fsp3) is 0.333. The van der Waals surface area contributed by atoms with Crippen LogP contribution >= 0.6 is 23.1 Å². The molecule has 0 aliphatic rings. The minimum absolute atomic E-state index is 0.00858. The Balaban J connectivity index is 1.59. The fourth-order valence-electron chi connectivity index (χ4n) is 2.66. The number of nitrogens with zero attached hydrogens (tertiary/aromatic N) is 2. The van der Waals surface area contributed by atoms with Gasteiger partial charge in [0, 0.05) is 30.7 Å². The van der Waals surface area contributed by atoms with Crippen molar-refractivity contribution >= 4 is 50.6 Å². The first kappa shape index (κ1) is 22.2. The molecule has 0 radical (unpaired) electrons. The van der Waals surface area contributed by atoms with E-state index in [-0.39, 0.29) is 23.6 Å². The Morgan fingerprint density at radius 3 is 2.67 bits per heavy atom. The first-order valence-electron chi connectivity index (χ1n) is 9.37. The molecule has 0 unspecified atom stereocenters. The molecule has 1 N–H and O–H groups in total. The molecule has 30 heavy (non-hydrogen) atoms. The lowest BCUT2D eigenvalue weighted by Gasteiger charge is -2.21. The van der Waals surface area contributed by atoms with E-state index in [0.717, 1.165) is 32.3 Å². The second-order valence-electron chi connectivity index (χ2n) is 7.37. The van der Waals surface area contributed by atoms with E-state index < -0.39 is 4.92 Å². The number of ether oxygens (including phenoxy) is 1. The number of carbonyl (C=O) groups is 1. The van der Waals surface area contributed by atoms with Gasteiger partial charge in [-0.3, -0.25) is 14.9 Å². The summed E-state index contributed by atoms with van der Waals surface area (Å²) in [7, 11) is 1.72. The molecule has 158 valence electrons. The lowest BCUT2D eigenvalue weighted by Crippen LogP contribution is -2.22. The van der Waals surface area contributed by atoms with Crippen molar-refractivity contribution in [2.45, 2.75) is 36.6 Å². The van der Waals surface area contributed by atoms with Gasteiger partial charge in [-0.2, -0.15) is 0 Å². The number of thiazole rings is 1. The van der Waals surface area contributed by atoms with Crippen LogP contribution in [0.15, 0.2) is 46.8 Å². The van der Waals surface area contributed by atoms with E-state index >= 15 is 0 Å². The van der Waals surface area contributed by atoms with E-state index in [0.29, 0.717) is 5.69 Å². The highest BCUT2D eigenvalue weighted by atomic mass is 32.2. The molecule has 9 heteroatoms. The highest BCUT2D eigenvalue weighted by Gasteiger charge is 2.16. The third-order valence-corrected chi connectivity index (χ3v) is 6.81. The number of fused-ring (bicyclic) bond motifs is 1. The normalized spacial score (nSPS) is 11.6. The van der Waals surface area contributed by atoms with Gasteiger partial charge < -0.3 is 10.1 Å². The fourth-order valence-corrected chi connectivity index (χ4v) is 5.08.